The second-order valence-electron chi connectivity index (χ2n) is 4.34. The van der Waals surface area contributed by atoms with Crippen LogP contribution >= 0.6 is 0 Å². The van der Waals surface area contributed by atoms with Crippen molar-refractivity contribution in [2.45, 2.75) is 6.42 Å². The van der Waals surface area contributed by atoms with Gasteiger partial charge in [0.05, 0.1) is 17.7 Å². The molecule has 0 aromatic heterocycles. The van der Waals surface area contributed by atoms with E-state index in [0.29, 0.717) is 22.9 Å². The molecule has 0 radical (unpaired) electrons. The van der Waals surface area contributed by atoms with E-state index in [2.05, 4.69) is 11.8 Å². The SMILES string of the molecule is O=C1OC(=O)c2ccc(C#CCCO)c3cccc1c23. The molecule has 1 heterocycles. The number of ether oxygens (including phenoxy) is 1. The molecule has 4 nitrogen and oxygen atoms in total. The molecule has 0 amide bonds. The number of carbonyl (C=O) groups is 2. The van der Waals surface area contributed by atoms with E-state index in [1.165, 1.54) is 0 Å². The molecule has 0 fully saturated rings. The fourth-order valence-corrected chi connectivity index (χ4v) is 2.26. The van der Waals surface area contributed by atoms with Crippen LogP contribution in [0.1, 0.15) is 32.7 Å². The smallest absolute Gasteiger partial charge is 0.346 e. The van der Waals surface area contributed by atoms with Gasteiger partial charge in [-0.15, -0.1) is 0 Å². The molecule has 4 heteroatoms. The van der Waals surface area contributed by atoms with Crippen LogP contribution in [0.2, 0.25) is 0 Å². The van der Waals surface area contributed by atoms with Crippen LogP contribution in [-0.4, -0.2) is 23.7 Å². The van der Waals surface area contributed by atoms with E-state index in [4.69, 9.17) is 9.84 Å². The first kappa shape index (κ1) is 12.4. The summed E-state index contributed by atoms with van der Waals surface area (Å²) in [6, 6.07) is 8.52. The van der Waals surface area contributed by atoms with Gasteiger partial charge in [-0.3, -0.25) is 0 Å². The van der Waals surface area contributed by atoms with Crippen molar-refractivity contribution in [3.8, 4) is 11.8 Å². The lowest BCUT2D eigenvalue weighted by Gasteiger charge is -2.15. The van der Waals surface area contributed by atoms with Crippen molar-refractivity contribution in [3.63, 3.8) is 0 Å². The van der Waals surface area contributed by atoms with Crippen LogP contribution in [0.15, 0.2) is 30.3 Å². The van der Waals surface area contributed by atoms with E-state index in [0.717, 1.165) is 10.9 Å². The van der Waals surface area contributed by atoms with E-state index >= 15 is 0 Å². The van der Waals surface area contributed by atoms with Crippen molar-refractivity contribution in [1.82, 2.24) is 0 Å². The summed E-state index contributed by atoms with van der Waals surface area (Å²) in [5.74, 6) is 4.53. The van der Waals surface area contributed by atoms with Gasteiger partial charge in [0.15, 0.2) is 0 Å². The van der Waals surface area contributed by atoms with Crippen LogP contribution in [0, 0.1) is 11.8 Å². The average Bonchev–Trinajstić information content (AvgIpc) is 2.45. The van der Waals surface area contributed by atoms with Crippen LogP contribution in [0.5, 0.6) is 0 Å². The predicted molar refractivity (Wildman–Crippen MR) is 72.3 cm³/mol. The van der Waals surface area contributed by atoms with Gasteiger partial charge < -0.3 is 9.84 Å². The first-order valence-corrected chi connectivity index (χ1v) is 6.14. The van der Waals surface area contributed by atoms with E-state index in [-0.39, 0.29) is 6.61 Å². The van der Waals surface area contributed by atoms with Gasteiger partial charge in [0.1, 0.15) is 0 Å². The fraction of sp³-hybridized carbons (Fsp3) is 0.125. The Balaban J connectivity index is 2.30. The third kappa shape index (κ3) is 1.85. The van der Waals surface area contributed by atoms with Gasteiger partial charge in [-0.1, -0.05) is 24.0 Å². The highest BCUT2D eigenvalue weighted by atomic mass is 16.6. The first-order chi connectivity index (χ1) is 9.72. The topological polar surface area (TPSA) is 63.6 Å². The number of cyclic esters (lactones) is 2. The lowest BCUT2D eigenvalue weighted by molar-refractivity contribution is 0.0391. The number of benzene rings is 2. The molecule has 0 spiro atoms. The number of aliphatic hydroxyl groups is 1. The van der Waals surface area contributed by atoms with Gasteiger partial charge in [0, 0.05) is 17.4 Å². The molecular weight excluding hydrogens is 256 g/mol. The monoisotopic (exact) mass is 266 g/mol. The van der Waals surface area contributed by atoms with Crippen molar-refractivity contribution in [2.24, 2.45) is 0 Å². The van der Waals surface area contributed by atoms with Crippen molar-refractivity contribution >= 4 is 22.7 Å². The van der Waals surface area contributed by atoms with Crippen molar-refractivity contribution in [2.75, 3.05) is 6.61 Å². The molecule has 0 bridgehead atoms. The number of esters is 2. The third-order valence-corrected chi connectivity index (χ3v) is 3.13. The highest BCUT2D eigenvalue weighted by molar-refractivity contribution is 6.21. The third-order valence-electron chi connectivity index (χ3n) is 3.13. The maximum Gasteiger partial charge on any atom is 0.346 e. The van der Waals surface area contributed by atoms with Crippen LogP contribution < -0.4 is 0 Å². The Hall–Kier alpha value is -2.64. The number of rotatable bonds is 1. The lowest BCUT2D eigenvalue weighted by Crippen LogP contribution is -2.19. The Morgan fingerprint density at radius 1 is 1.05 bits per heavy atom. The molecule has 20 heavy (non-hydrogen) atoms. The van der Waals surface area contributed by atoms with Gasteiger partial charge in [-0.25, -0.2) is 9.59 Å². The van der Waals surface area contributed by atoms with Crippen molar-refractivity contribution < 1.29 is 19.4 Å². The maximum atomic E-state index is 11.7. The summed E-state index contributed by atoms with van der Waals surface area (Å²) in [5, 5.41) is 10.1. The summed E-state index contributed by atoms with van der Waals surface area (Å²) in [7, 11) is 0. The molecule has 1 aliphatic rings. The Kier molecular flexibility index (Phi) is 2.97. The van der Waals surface area contributed by atoms with Crippen LogP contribution in [0.4, 0.5) is 0 Å². The summed E-state index contributed by atoms with van der Waals surface area (Å²) in [6.07, 6.45) is 0.379. The van der Waals surface area contributed by atoms with Crippen molar-refractivity contribution in [1.29, 1.82) is 0 Å². The zero-order valence-electron chi connectivity index (χ0n) is 10.5. The molecule has 98 valence electrons. The second-order valence-corrected chi connectivity index (χ2v) is 4.34. The first-order valence-electron chi connectivity index (χ1n) is 6.14. The largest absolute Gasteiger partial charge is 0.395 e. The van der Waals surface area contributed by atoms with Crippen LogP contribution in [0.3, 0.4) is 0 Å². The Morgan fingerprint density at radius 3 is 2.55 bits per heavy atom. The Morgan fingerprint density at radius 2 is 1.80 bits per heavy atom. The minimum absolute atomic E-state index is 0.000915. The maximum absolute atomic E-state index is 11.7. The molecule has 1 N–H and O–H groups in total. The number of hydrogen-bond donors (Lipinski definition) is 1. The molecular formula is C16H10O4. The number of aliphatic hydroxyl groups excluding tert-OH is 1. The number of carbonyl (C=O) groups excluding carboxylic acids is 2. The Labute approximate surface area is 115 Å². The highest BCUT2D eigenvalue weighted by Crippen LogP contribution is 2.30. The number of hydrogen-bond acceptors (Lipinski definition) is 4. The highest BCUT2D eigenvalue weighted by Gasteiger charge is 2.27. The molecule has 0 atom stereocenters. The van der Waals surface area contributed by atoms with Gasteiger partial charge in [0.25, 0.3) is 0 Å². The van der Waals surface area contributed by atoms with Crippen LogP contribution in [0.25, 0.3) is 10.8 Å². The molecule has 0 saturated carbocycles. The predicted octanol–water partition coefficient (Wildman–Crippen LogP) is 1.88. The van der Waals surface area contributed by atoms with E-state index < -0.39 is 11.9 Å². The minimum Gasteiger partial charge on any atom is -0.395 e. The molecule has 0 saturated heterocycles. The summed E-state index contributed by atoms with van der Waals surface area (Å²) in [6.45, 7) is -0.000915. The van der Waals surface area contributed by atoms with Gasteiger partial charge in [-0.05, 0) is 23.6 Å². The zero-order chi connectivity index (χ0) is 14.1. The van der Waals surface area contributed by atoms with E-state index in [9.17, 15) is 9.59 Å². The molecule has 2 aromatic carbocycles. The van der Waals surface area contributed by atoms with Gasteiger partial charge in [-0.2, -0.15) is 0 Å². The summed E-state index contributed by atoms with van der Waals surface area (Å²) < 4.78 is 4.69. The fourth-order valence-electron chi connectivity index (χ4n) is 2.26. The lowest BCUT2D eigenvalue weighted by atomic mass is 9.94. The molecule has 0 aliphatic carbocycles. The average molecular weight is 266 g/mol. The quantitative estimate of drug-likeness (QED) is 0.486. The molecule has 2 aromatic rings. The zero-order valence-corrected chi connectivity index (χ0v) is 10.5. The van der Waals surface area contributed by atoms with E-state index in [1.54, 1.807) is 24.3 Å². The summed E-state index contributed by atoms with van der Waals surface area (Å²) in [4.78, 5) is 23.5. The molecule has 1 aliphatic heterocycles. The Bertz CT molecular complexity index is 773. The summed E-state index contributed by atoms with van der Waals surface area (Å²) in [5.41, 5.74) is 1.48. The second kappa shape index (κ2) is 4.80. The normalized spacial score (nSPS) is 12.8. The van der Waals surface area contributed by atoms with Crippen LogP contribution in [-0.2, 0) is 4.74 Å². The summed E-state index contributed by atoms with van der Waals surface area (Å²) >= 11 is 0. The molecule has 0 unspecified atom stereocenters. The van der Waals surface area contributed by atoms with E-state index in [1.807, 2.05) is 6.07 Å². The van der Waals surface area contributed by atoms with Gasteiger partial charge in [0.2, 0.25) is 0 Å². The van der Waals surface area contributed by atoms with Crippen molar-refractivity contribution in [3.05, 3.63) is 47.0 Å². The van der Waals surface area contributed by atoms with Gasteiger partial charge >= 0.3 is 11.9 Å². The standard InChI is InChI=1S/C16H10O4/c17-9-2-1-4-10-7-8-13-14-11(10)5-3-6-12(14)15(18)20-16(13)19/h3,5-8,17H,2,9H2. The molecule has 3 rings (SSSR count). The minimum atomic E-state index is -0.631.